The SMILES string of the molecule is CC(C)CC(CCN)N1CCCC1. The van der Waals surface area contributed by atoms with Gasteiger partial charge in [0.2, 0.25) is 0 Å². The highest BCUT2D eigenvalue weighted by atomic mass is 15.2. The van der Waals surface area contributed by atoms with Crippen LogP contribution in [0.25, 0.3) is 0 Å². The van der Waals surface area contributed by atoms with Crippen LogP contribution >= 0.6 is 0 Å². The van der Waals surface area contributed by atoms with E-state index in [1.807, 2.05) is 0 Å². The summed E-state index contributed by atoms with van der Waals surface area (Å²) in [7, 11) is 0. The van der Waals surface area contributed by atoms with Gasteiger partial charge in [-0.3, -0.25) is 0 Å². The van der Waals surface area contributed by atoms with Gasteiger partial charge in [0.05, 0.1) is 0 Å². The van der Waals surface area contributed by atoms with E-state index in [0.29, 0.717) is 0 Å². The Morgan fingerprint density at radius 1 is 1.23 bits per heavy atom. The maximum Gasteiger partial charge on any atom is 0.0110 e. The molecule has 1 saturated heterocycles. The minimum Gasteiger partial charge on any atom is -0.330 e. The van der Waals surface area contributed by atoms with Gasteiger partial charge in [-0.2, -0.15) is 0 Å². The molecule has 0 amide bonds. The van der Waals surface area contributed by atoms with E-state index in [2.05, 4.69) is 18.7 Å². The molecule has 0 aliphatic carbocycles. The monoisotopic (exact) mass is 184 g/mol. The van der Waals surface area contributed by atoms with Crippen LogP contribution in [0.2, 0.25) is 0 Å². The molecule has 1 heterocycles. The normalized spacial score (nSPS) is 21.2. The molecule has 0 saturated carbocycles. The van der Waals surface area contributed by atoms with E-state index in [1.165, 1.54) is 38.8 Å². The van der Waals surface area contributed by atoms with E-state index >= 15 is 0 Å². The first kappa shape index (κ1) is 11.0. The van der Waals surface area contributed by atoms with Gasteiger partial charge < -0.3 is 10.6 Å². The number of nitrogens with two attached hydrogens (primary N) is 1. The molecule has 0 aromatic rings. The standard InChI is InChI=1S/C11H24N2/c1-10(2)9-11(5-6-12)13-7-3-4-8-13/h10-11H,3-9,12H2,1-2H3. The van der Waals surface area contributed by atoms with E-state index < -0.39 is 0 Å². The quantitative estimate of drug-likeness (QED) is 0.706. The number of hydrogen-bond donors (Lipinski definition) is 1. The van der Waals surface area contributed by atoms with Crippen LogP contribution in [0.4, 0.5) is 0 Å². The fourth-order valence-electron chi connectivity index (χ4n) is 2.29. The van der Waals surface area contributed by atoms with E-state index in [9.17, 15) is 0 Å². The zero-order valence-corrected chi connectivity index (χ0v) is 9.13. The summed E-state index contributed by atoms with van der Waals surface area (Å²) in [6, 6.07) is 0.757. The van der Waals surface area contributed by atoms with Gasteiger partial charge in [-0.25, -0.2) is 0 Å². The molecule has 1 rings (SSSR count). The molecule has 1 aliphatic heterocycles. The summed E-state index contributed by atoms with van der Waals surface area (Å²) in [5, 5.41) is 0. The lowest BCUT2D eigenvalue weighted by molar-refractivity contribution is 0.204. The van der Waals surface area contributed by atoms with Crippen molar-refractivity contribution in [2.45, 2.75) is 45.6 Å². The molecule has 1 aliphatic rings. The van der Waals surface area contributed by atoms with Gasteiger partial charge in [0.25, 0.3) is 0 Å². The van der Waals surface area contributed by atoms with Crippen molar-refractivity contribution >= 4 is 0 Å². The third-order valence-corrected chi connectivity index (χ3v) is 2.90. The molecule has 78 valence electrons. The molecule has 0 aromatic carbocycles. The summed E-state index contributed by atoms with van der Waals surface area (Å²) >= 11 is 0. The summed E-state index contributed by atoms with van der Waals surface area (Å²) in [6.45, 7) is 8.06. The molecule has 0 bridgehead atoms. The highest BCUT2D eigenvalue weighted by Gasteiger charge is 2.21. The Balaban J connectivity index is 2.35. The number of nitrogens with zero attached hydrogens (tertiary/aromatic N) is 1. The second-order valence-corrected chi connectivity index (χ2v) is 4.60. The smallest absolute Gasteiger partial charge is 0.0110 e. The van der Waals surface area contributed by atoms with E-state index in [0.717, 1.165) is 18.5 Å². The molecule has 2 N–H and O–H groups in total. The van der Waals surface area contributed by atoms with E-state index in [4.69, 9.17) is 5.73 Å². The first-order valence-corrected chi connectivity index (χ1v) is 5.68. The number of rotatable bonds is 5. The molecule has 2 nitrogen and oxygen atoms in total. The van der Waals surface area contributed by atoms with E-state index in [1.54, 1.807) is 0 Å². The fourth-order valence-corrected chi connectivity index (χ4v) is 2.29. The van der Waals surface area contributed by atoms with Crippen molar-refractivity contribution in [1.29, 1.82) is 0 Å². The Morgan fingerprint density at radius 2 is 1.85 bits per heavy atom. The summed E-state index contributed by atoms with van der Waals surface area (Å²) < 4.78 is 0. The summed E-state index contributed by atoms with van der Waals surface area (Å²) in [6.07, 6.45) is 5.27. The largest absolute Gasteiger partial charge is 0.330 e. The Kier molecular flexibility index (Phi) is 4.74. The highest BCUT2D eigenvalue weighted by molar-refractivity contribution is 4.77. The topological polar surface area (TPSA) is 29.3 Å². The highest BCUT2D eigenvalue weighted by Crippen LogP contribution is 2.19. The molecular weight excluding hydrogens is 160 g/mol. The molecule has 0 spiro atoms. The Labute approximate surface area is 82.5 Å². The lowest BCUT2D eigenvalue weighted by atomic mass is 10.00. The maximum atomic E-state index is 5.65. The van der Waals surface area contributed by atoms with Crippen molar-refractivity contribution < 1.29 is 0 Å². The second kappa shape index (κ2) is 5.61. The maximum absolute atomic E-state index is 5.65. The van der Waals surface area contributed by atoms with Gasteiger partial charge in [-0.15, -0.1) is 0 Å². The number of likely N-dealkylation sites (tertiary alicyclic amines) is 1. The third-order valence-electron chi connectivity index (χ3n) is 2.90. The third kappa shape index (κ3) is 3.65. The number of hydrogen-bond acceptors (Lipinski definition) is 2. The zero-order chi connectivity index (χ0) is 9.68. The van der Waals surface area contributed by atoms with Crippen LogP contribution in [-0.2, 0) is 0 Å². The molecule has 1 atom stereocenters. The molecule has 2 heteroatoms. The molecule has 0 radical (unpaired) electrons. The van der Waals surface area contributed by atoms with Crippen molar-refractivity contribution in [2.24, 2.45) is 11.7 Å². The van der Waals surface area contributed by atoms with Crippen LogP contribution in [0.1, 0.15) is 39.5 Å². The Morgan fingerprint density at radius 3 is 2.31 bits per heavy atom. The van der Waals surface area contributed by atoms with Crippen LogP contribution in [0.15, 0.2) is 0 Å². The Bertz CT molecular complexity index is 128. The van der Waals surface area contributed by atoms with Crippen LogP contribution < -0.4 is 5.73 Å². The van der Waals surface area contributed by atoms with Gasteiger partial charge in [-0.1, -0.05) is 13.8 Å². The lowest BCUT2D eigenvalue weighted by Gasteiger charge is -2.28. The minimum absolute atomic E-state index is 0.757. The molecule has 13 heavy (non-hydrogen) atoms. The van der Waals surface area contributed by atoms with Gasteiger partial charge in [0.15, 0.2) is 0 Å². The second-order valence-electron chi connectivity index (χ2n) is 4.60. The Hall–Kier alpha value is -0.0800. The molecule has 1 unspecified atom stereocenters. The first-order valence-electron chi connectivity index (χ1n) is 5.68. The first-order chi connectivity index (χ1) is 6.24. The summed E-state index contributed by atoms with van der Waals surface area (Å²) in [5.74, 6) is 0.803. The van der Waals surface area contributed by atoms with Gasteiger partial charge >= 0.3 is 0 Å². The van der Waals surface area contributed by atoms with Crippen LogP contribution in [0.5, 0.6) is 0 Å². The predicted molar refractivity (Wildman–Crippen MR) is 57.7 cm³/mol. The molecule has 1 fully saturated rings. The van der Waals surface area contributed by atoms with Crippen LogP contribution in [-0.4, -0.2) is 30.6 Å². The van der Waals surface area contributed by atoms with Crippen LogP contribution in [0, 0.1) is 5.92 Å². The summed E-state index contributed by atoms with van der Waals surface area (Å²) in [5.41, 5.74) is 5.65. The van der Waals surface area contributed by atoms with Gasteiger partial charge in [0, 0.05) is 6.04 Å². The predicted octanol–water partition coefficient (Wildman–Crippen LogP) is 1.85. The van der Waals surface area contributed by atoms with Crippen LogP contribution in [0.3, 0.4) is 0 Å². The summed E-state index contributed by atoms with van der Waals surface area (Å²) in [4.78, 5) is 2.63. The van der Waals surface area contributed by atoms with Gasteiger partial charge in [-0.05, 0) is 51.2 Å². The van der Waals surface area contributed by atoms with E-state index in [-0.39, 0.29) is 0 Å². The van der Waals surface area contributed by atoms with Crippen molar-refractivity contribution in [3.8, 4) is 0 Å². The lowest BCUT2D eigenvalue weighted by Crippen LogP contribution is -2.35. The van der Waals surface area contributed by atoms with Crippen molar-refractivity contribution in [3.05, 3.63) is 0 Å². The average molecular weight is 184 g/mol. The molecule has 0 aromatic heterocycles. The van der Waals surface area contributed by atoms with Crippen molar-refractivity contribution in [1.82, 2.24) is 4.90 Å². The molecular formula is C11H24N2. The average Bonchev–Trinajstić information content (AvgIpc) is 2.54. The van der Waals surface area contributed by atoms with Crippen molar-refractivity contribution in [2.75, 3.05) is 19.6 Å². The fraction of sp³-hybridized carbons (Fsp3) is 1.00. The minimum atomic E-state index is 0.757. The van der Waals surface area contributed by atoms with Gasteiger partial charge in [0.1, 0.15) is 0 Å². The zero-order valence-electron chi connectivity index (χ0n) is 9.13. The van der Waals surface area contributed by atoms with Crippen molar-refractivity contribution in [3.63, 3.8) is 0 Å².